The van der Waals surface area contributed by atoms with E-state index in [0.29, 0.717) is 48.5 Å². The molecule has 37 heavy (non-hydrogen) atoms. The van der Waals surface area contributed by atoms with Crippen molar-refractivity contribution in [2.24, 2.45) is 18.9 Å². The number of ether oxygens (including phenoxy) is 2. The number of nitrogens with zero attached hydrogens (tertiary/aromatic N) is 4. The van der Waals surface area contributed by atoms with Gasteiger partial charge in [0.2, 0.25) is 5.89 Å². The van der Waals surface area contributed by atoms with Gasteiger partial charge in [-0.2, -0.15) is 0 Å². The summed E-state index contributed by atoms with van der Waals surface area (Å²) in [7, 11) is 1.82. The predicted octanol–water partition coefficient (Wildman–Crippen LogP) is 3.47. The van der Waals surface area contributed by atoms with Gasteiger partial charge in [-0.05, 0) is 25.1 Å². The largest absolute Gasteiger partial charge is 0.491 e. The number of carbonyl (C=O) groups is 2. The first-order valence-corrected chi connectivity index (χ1v) is 11.9. The quantitative estimate of drug-likeness (QED) is 0.350. The van der Waals surface area contributed by atoms with Crippen molar-refractivity contribution in [2.45, 2.75) is 20.3 Å². The topological polar surface area (TPSA) is 142 Å². The normalized spacial score (nSPS) is 14.4. The second-order valence-electron chi connectivity index (χ2n) is 9.26. The van der Waals surface area contributed by atoms with Crippen molar-refractivity contribution in [1.82, 2.24) is 19.5 Å². The van der Waals surface area contributed by atoms with Gasteiger partial charge in [0.25, 0.3) is 5.91 Å². The zero-order valence-electron chi connectivity index (χ0n) is 20.7. The maximum absolute atomic E-state index is 13.1. The van der Waals surface area contributed by atoms with Crippen molar-refractivity contribution in [1.29, 1.82) is 0 Å². The molecule has 1 unspecified atom stereocenters. The summed E-state index contributed by atoms with van der Waals surface area (Å²) in [5, 5.41) is 12.2. The van der Waals surface area contributed by atoms with E-state index in [1.165, 1.54) is 6.26 Å². The van der Waals surface area contributed by atoms with Gasteiger partial charge >= 0.3 is 5.97 Å². The molecule has 3 aromatic heterocycles. The molecule has 5 rings (SSSR count). The lowest BCUT2D eigenvalue weighted by Crippen LogP contribution is -2.32. The molecule has 0 bridgehead atoms. The first-order valence-electron chi connectivity index (χ1n) is 11.9. The Bertz CT molecular complexity index is 1470. The molecule has 1 aliphatic heterocycles. The highest BCUT2D eigenvalue weighted by molar-refractivity contribution is 6.05. The molecule has 0 radical (unpaired) electrons. The van der Waals surface area contributed by atoms with E-state index in [9.17, 15) is 14.7 Å². The van der Waals surface area contributed by atoms with Crippen molar-refractivity contribution < 1.29 is 28.6 Å². The Labute approximate surface area is 212 Å². The Morgan fingerprint density at radius 2 is 2.08 bits per heavy atom. The van der Waals surface area contributed by atoms with Crippen LogP contribution in [0.4, 0.5) is 5.69 Å². The van der Waals surface area contributed by atoms with E-state index in [-0.39, 0.29) is 18.0 Å². The zero-order chi connectivity index (χ0) is 26.1. The molecule has 1 fully saturated rings. The Kier molecular flexibility index (Phi) is 6.62. The number of hydrogen-bond donors (Lipinski definition) is 2. The number of carboxylic acids is 1. The van der Waals surface area contributed by atoms with Crippen LogP contribution in [0.5, 0.6) is 5.75 Å². The average molecular weight is 506 g/mol. The van der Waals surface area contributed by atoms with Crippen LogP contribution in [0.1, 0.15) is 28.9 Å². The number of benzene rings is 1. The molecule has 1 saturated heterocycles. The summed E-state index contributed by atoms with van der Waals surface area (Å²) in [6.45, 7) is 5.18. The number of carbonyl (C=O) groups excluding carboxylic acids is 1. The molecule has 4 aromatic rings. The molecular formula is C26H27N5O6. The van der Waals surface area contributed by atoms with Crippen LogP contribution in [0.3, 0.4) is 0 Å². The highest BCUT2D eigenvalue weighted by atomic mass is 16.5. The van der Waals surface area contributed by atoms with Gasteiger partial charge in [-0.3, -0.25) is 14.6 Å². The molecule has 4 heterocycles. The van der Waals surface area contributed by atoms with Gasteiger partial charge in [-0.1, -0.05) is 6.92 Å². The number of anilines is 1. The summed E-state index contributed by atoms with van der Waals surface area (Å²) < 4.78 is 18.7. The summed E-state index contributed by atoms with van der Waals surface area (Å²) in [5.41, 5.74) is 3.46. The lowest BCUT2D eigenvalue weighted by Gasteiger charge is -2.26. The minimum Gasteiger partial charge on any atom is -0.491 e. The van der Waals surface area contributed by atoms with Crippen LogP contribution >= 0.6 is 0 Å². The molecule has 1 amide bonds. The summed E-state index contributed by atoms with van der Waals surface area (Å²) in [4.78, 5) is 37.6. The second kappa shape index (κ2) is 10.0. The highest BCUT2D eigenvalue weighted by Crippen LogP contribution is 2.32. The molecule has 1 atom stereocenters. The average Bonchev–Trinajstić information content (AvgIpc) is 3.44. The number of amides is 1. The molecule has 1 aromatic carbocycles. The van der Waals surface area contributed by atoms with Crippen molar-refractivity contribution in [2.75, 3.05) is 25.1 Å². The Hall–Kier alpha value is -4.25. The van der Waals surface area contributed by atoms with Gasteiger partial charge in [0.05, 0.1) is 42.5 Å². The molecule has 0 saturated carbocycles. The third-order valence-electron chi connectivity index (χ3n) is 6.30. The molecule has 2 N–H and O–H groups in total. The number of imidazole rings is 1. The summed E-state index contributed by atoms with van der Waals surface area (Å²) in [6, 6.07) is 7.11. The van der Waals surface area contributed by atoms with Crippen molar-refractivity contribution >= 4 is 28.6 Å². The summed E-state index contributed by atoms with van der Waals surface area (Å²) >= 11 is 0. The molecule has 1 aliphatic rings. The molecule has 11 heteroatoms. The third kappa shape index (κ3) is 5.17. The highest BCUT2D eigenvalue weighted by Gasteiger charge is 2.23. The number of aryl methyl sites for hydroxylation is 2. The van der Waals surface area contributed by atoms with E-state index in [4.69, 9.17) is 13.9 Å². The fourth-order valence-corrected chi connectivity index (χ4v) is 3.99. The van der Waals surface area contributed by atoms with Gasteiger partial charge in [-0.25, -0.2) is 9.97 Å². The number of oxazole rings is 1. The minimum atomic E-state index is -0.888. The number of hydrogen-bond acceptors (Lipinski definition) is 8. The maximum Gasteiger partial charge on any atom is 0.306 e. The van der Waals surface area contributed by atoms with Crippen molar-refractivity contribution in [3.05, 3.63) is 53.9 Å². The Balaban J connectivity index is 1.44. The zero-order valence-corrected chi connectivity index (χ0v) is 20.7. The number of carboxylic acid groups (broad SMARTS) is 1. The first-order chi connectivity index (χ1) is 17.8. The molecule has 0 spiro atoms. The number of aromatic nitrogens is 4. The third-order valence-corrected chi connectivity index (χ3v) is 6.30. The number of rotatable bonds is 9. The Morgan fingerprint density at radius 1 is 1.27 bits per heavy atom. The molecule has 11 nitrogen and oxygen atoms in total. The Morgan fingerprint density at radius 3 is 2.78 bits per heavy atom. The smallest absolute Gasteiger partial charge is 0.306 e. The van der Waals surface area contributed by atoms with Crippen LogP contribution in [0.25, 0.3) is 22.5 Å². The van der Waals surface area contributed by atoms with Crippen LogP contribution in [0.2, 0.25) is 0 Å². The minimum absolute atomic E-state index is 0.115. The molecule has 0 aliphatic carbocycles. The van der Waals surface area contributed by atoms with Crippen molar-refractivity contribution in [3.63, 3.8) is 0 Å². The van der Waals surface area contributed by atoms with Crippen LogP contribution in [0.15, 0.2) is 41.1 Å². The summed E-state index contributed by atoms with van der Waals surface area (Å²) in [5.74, 6) is -0.264. The number of pyridine rings is 1. The molecule has 192 valence electrons. The standard InChI is InChI=1S/C26H27N5O6/c1-14(26(33)34)6-23-28-18-9-22(36-12-16-10-35-11-16)19(8-21(18)31(23)3)29-24(32)20-13-37-25(30-20)17-4-5-27-15(2)7-17/h4-5,7-9,13-14,16H,6,10-12H2,1-3H3,(H,29,32)(H,33,34). The SMILES string of the molecule is Cc1cc(-c2nc(C(=O)Nc3cc4c(cc3OCC3COC3)nc(CC(C)C(=O)O)n4C)co2)ccn1. The number of nitrogens with one attached hydrogen (secondary N) is 1. The van der Waals surface area contributed by atoms with Crippen LogP contribution in [0, 0.1) is 18.8 Å². The first kappa shape index (κ1) is 24.4. The fraction of sp³-hybridized carbons (Fsp3) is 0.346. The van der Waals surface area contributed by atoms with E-state index in [2.05, 4.69) is 20.3 Å². The van der Waals surface area contributed by atoms with Gasteiger partial charge in [0.15, 0.2) is 5.69 Å². The lowest BCUT2D eigenvalue weighted by molar-refractivity contribution is -0.141. The van der Waals surface area contributed by atoms with Crippen LogP contribution in [-0.4, -0.2) is 56.3 Å². The van der Waals surface area contributed by atoms with Crippen LogP contribution < -0.4 is 10.1 Å². The van der Waals surface area contributed by atoms with Gasteiger partial charge in [-0.15, -0.1) is 0 Å². The predicted molar refractivity (Wildman–Crippen MR) is 133 cm³/mol. The van der Waals surface area contributed by atoms with E-state index < -0.39 is 17.8 Å². The molecular weight excluding hydrogens is 478 g/mol. The maximum atomic E-state index is 13.1. The van der Waals surface area contributed by atoms with Crippen molar-refractivity contribution in [3.8, 4) is 17.2 Å². The van der Waals surface area contributed by atoms with Gasteiger partial charge in [0, 0.05) is 42.9 Å². The lowest BCUT2D eigenvalue weighted by atomic mass is 10.1. The van der Waals surface area contributed by atoms with E-state index in [0.717, 1.165) is 16.8 Å². The fourth-order valence-electron chi connectivity index (χ4n) is 3.99. The number of fused-ring (bicyclic) bond motifs is 1. The van der Waals surface area contributed by atoms with E-state index in [1.54, 1.807) is 31.3 Å². The van der Waals surface area contributed by atoms with E-state index in [1.807, 2.05) is 24.6 Å². The summed E-state index contributed by atoms with van der Waals surface area (Å²) in [6.07, 6.45) is 3.23. The van der Waals surface area contributed by atoms with E-state index >= 15 is 0 Å². The van der Waals surface area contributed by atoms with Gasteiger partial charge in [0.1, 0.15) is 17.8 Å². The number of aliphatic carboxylic acids is 1. The monoisotopic (exact) mass is 505 g/mol. The van der Waals surface area contributed by atoms with Crippen LogP contribution in [-0.2, 0) is 23.0 Å². The van der Waals surface area contributed by atoms with Gasteiger partial charge < -0.3 is 28.9 Å². The second-order valence-corrected chi connectivity index (χ2v) is 9.26.